The summed E-state index contributed by atoms with van der Waals surface area (Å²) in [5.41, 5.74) is 0.540. The lowest BCUT2D eigenvalue weighted by Crippen LogP contribution is -2.47. The van der Waals surface area contributed by atoms with Crippen LogP contribution in [0.5, 0.6) is 0 Å². The van der Waals surface area contributed by atoms with Gasteiger partial charge in [-0.15, -0.1) is 0 Å². The number of hydrogen-bond acceptors (Lipinski definition) is 5. The van der Waals surface area contributed by atoms with Gasteiger partial charge in [-0.25, -0.2) is 9.97 Å². The number of likely N-dealkylation sites (N-methyl/N-ethyl adjacent to an activating group) is 1. The second-order valence-corrected chi connectivity index (χ2v) is 6.72. The summed E-state index contributed by atoms with van der Waals surface area (Å²) in [6.07, 6.45) is 6.17. The Hall–Kier alpha value is -1.69. The molecule has 2 saturated heterocycles. The Balaban J connectivity index is 1.71. The Labute approximate surface area is 144 Å². The minimum absolute atomic E-state index is 0.0670. The van der Waals surface area contributed by atoms with E-state index in [0.717, 1.165) is 58.5 Å². The van der Waals surface area contributed by atoms with E-state index in [2.05, 4.69) is 33.6 Å². The van der Waals surface area contributed by atoms with Crippen molar-refractivity contribution in [3.63, 3.8) is 0 Å². The molecular weight excluding hydrogens is 302 g/mol. The molecule has 1 amide bonds. The Morgan fingerprint density at radius 1 is 1.17 bits per heavy atom. The fourth-order valence-corrected chi connectivity index (χ4v) is 3.72. The molecule has 24 heavy (non-hydrogen) atoms. The van der Waals surface area contributed by atoms with Gasteiger partial charge in [0.1, 0.15) is 5.69 Å². The monoisotopic (exact) mass is 331 g/mol. The summed E-state index contributed by atoms with van der Waals surface area (Å²) < 4.78 is 0. The lowest BCUT2D eigenvalue weighted by Gasteiger charge is -2.35. The van der Waals surface area contributed by atoms with E-state index in [1.807, 2.05) is 4.90 Å². The third kappa shape index (κ3) is 3.69. The maximum Gasteiger partial charge on any atom is 0.272 e. The minimum Gasteiger partial charge on any atom is -0.338 e. The molecule has 2 aliphatic heterocycles. The van der Waals surface area contributed by atoms with Crippen molar-refractivity contribution in [1.29, 1.82) is 0 Å². The molecule has 6 heteroatoms. The van der Waals surface area contributed by atoms with E-state index < -0.39 is 0 Å². The summed E-state index contributed by atoms with van der Waals surface area (Å²) in [6, 6.07) is 2.12. The summed E-state index contributed by atoms with van der Waals surface area (Å²) >= 11 is 0. The predicted octanol–water partition coefficient (Wildman–Crippen LogP) is 2.02. The quantitative estimate of drug-likeness (QED) is 0.845. The summed E-state index contributed by atoms with van der Waals surface area (Å²) in [7, 11) is 0. The molecule has 0 N–H and O–H groups in total. The lowest BCUT2D eigenvalue weighted by atomic mass is 9.99. The highest BCUT2D eigenvalue weighted by Crippen LogP contribution is 2.22. The number of aromatic nitrogens is 2. The molecule has 2 aliphatic rings. The van der Waals surface area contributed by atoms with Gasteiger partial charge in [0.15, 0.2) is 0 Å². The number of carbonyl (C=O) groups is 1. The summed E-state index contributed by atoms with van der Waals surface area (Å²) in [5, 5.41) is 0. The maximum atomic E-state index is 12.9. The largest absolute Gasteiger partial charge is 0.338 e. The molecule has 1 aromatic rings. The molecule has 0 saturated carbocycles. The number of anilines is 1. The zero-order valence-corrected chi connectivity index (χ0v) is 14.9. The van der Waals surface area contributed by atoms with E-state index in [1.165, 1.54) is 6.42 Å². The van der Waals surface area contributed by atoms with Gasteiger partial charge >= 0.3 is 0 Å². The first-order valence-electron chi connectivity index (χ1n) is 9.34. The van der Waals surface area contributed by atoms with Crippen LogP contribution in [-0.2, 0) is 0 Å². The van der Waals surface area contributed by atoms with Crippen molar-refractivity contribution in [3.8, 4) is 0 Å². The van der Waals surface area contributed by atoms with Gasteiger partial charge in [-0.05, 0) is 38.3 Å². The maximum absolute atomic E-state index is 12.9. The van der Waals surface area contributed by atoms with E-state index >= 15 is 0 Å². The zero-order valence-electron chi connectivity index (χ0n) is 14.9. The number of nitrogens with zero attached hydrogens (tertiary/aromatic N) is 5. The number of piperazine rings is 1. The van der Waals surface area contributed by atoms with Gasteiger partial charge in [-0.2, -0.15) is 0 Å². The molecule has 3 heterocycles. The van der Waals surface area contributed by atoms with Gasteiger partial charge in [-0.1, -0.05) is 13.8 Å². The van der Waals surface area contributed by atoms with Crippen LogP contribution in [0, 0.1) is 0 Å². The number of hydrogen-bond donors (Lipinski definition) is 0. The molecule has 1 aromatic heterocycles. The molecule has 1 unspecified atom stereocenters. The molecular formula is C18H29N5O. The molecule has 1 atom stereocenters. The molecule has 0 aliphatic carbocycles. The topological polar surface area (TPSA) is 52.6 Å². The van der Waals surface area contributed by atoms with Gasteiger partial charge in [0.2, 0.25) is 5.95 Å². The van der Waals surface area contributed by atoms with Gasteiger partial charge in [0.05, 0.1) is 0 Å². The van der Waals surface area contributed by atoms with Gasteiger partial charge < -0.3 is 14.7 Å². The standard InChI is InChI=1S/C18H29N5O/c1-3-15-7-5-6-10-23(15)17(24)16-8-9-19-18(20-16)22-13-11-21(4-2)12-14-22/h8-9,15H,3-7,10-14H2,1-2H3. The van der Waals surface area contributed by atoms with Crippen molar-refractivity contribution >= 4 is 11.9 Å². The lowest BCUT2D eigenvalue weighted by molar-refractivity contribution is 0.0602. The van der Waals surface area contributed by atoms with Crippen LogP contribution in [0.4, 0.5) is 5.95 Å². The van der Waals surface area contributed by atoms with Crippen molar-refractivity contribution in [2.45, 2.75) is 45.6 Å². The molecule has 3 rings (SSSR count). The van der Waals surface area contributed by atoms with Crippen LogP contribution >= 0.6 is 0 Å². The number of likely N-dealkylation sites (tertiary alicyclic amines) is 1. The van der Waals surface area contributed by atoms with Crippen LogP contribution in [0.25, 0.3) is 0 Å². The first kappa shape index (κ1) is 17.1. The fourth-order valence-electron chi connectivity index (χ4n) is 3.72. The van der Waals surface area contributed by atoms with Crippen molar-refractivity contribution in [1.82, 2.24) is 19.8 Å². The zero-order chi connectivity index (χ0) is 16.9. The average molecular weight is 331 g/mol. The average Bonchev–Trinajstić information content (AvgIpc) is 2.67. The van der Waals surface area contributed by atoms with E-state index in [-0.39, 0.29) is 5.91 Å². The van der Waals surface area contributed by atoms with Gasteiger partial charge in [-0.3, -0.25) is 4.79 Å². The molecule has 0 bridgehead atoms. The Bertz CT molecular complexity index is 556. The smallest absolute Gasteiger partial charge is 0.272 e. The minimum atomic E-state index is 0.0670. The second kappa shape index (κ2) is 7.92. The molecule has 132 valence electrons. The van der Waals surface area contributed by atoms with Crippen LogP contribution in [0.1, 0.15) is 50.0 Å². The summed E-state index contributed by atoms with van der Waals surface area (Å²) in [5.74, 6) is 0.763. The van der Waals surface area contributed by atoms with Crippen LogP contribution in [0.3, 0.4) is 0 Å². The first-order valence-corrected chi connectivity index (χ1v) is 9.34. The Kier molecular flexibility index (Phi) is 5.66. The third-order valence-corrected chi connectivity index (χ3v) is 5.32. The predicted molar refractivity (Wildman–Crippen MR) is 95.3 cm³/mol. The number of piperidine rings is 1. The van der Waals surface area contributed by atoms with Crippen LogP contribution in [0.15, 0.2) is 12.3 Å². The van der Waals surface area contributed by atoms with E-state index in [4.69, 9.17) is 0 Å². The SMILES string of the molecule is CCC1CCCCN1C(=O)c1ccnc(N2CCN(CC)CC2)n1. The van der Waals surface area contributed by atoms with E-state index in [0.29, 0.717) is 17.7 Å². The fraction of sp³-hybridized carbons (Fsp3) is 0.722. The highest BCUT2D eigenvalue weighted by molar-refractivity contribution is 5.92. The highest BCUT2D eigenvalue weighted by atomic mass is 16.2. The van der Waals surface area contributed by atoms with Crippen LogP contribution in [-0.4, -0.2) is 71.0 Å². The summed E-state index contributed by atoms with van der Waals surface area (Å²) in [4.78, 5) is 28.5. The van der Waals surface area contributed by atoms with Gasteiger partial charge in [0, 0.05) is 45.0 Å². The number of rotatable bonds is 4. The molecule has 6 nitrogen and oxygen atoms in total. The Morgan fingerprint density at radius 3 is 2.67 bits per heavy atom. The van der Waals surface area contributed by atoms with Crippen molar-refractivity contribution in [3.05, 3.63) is 18.0 Å². The van der Waals surface area contributed by atoms with Crippen molar-refractivity contribution in [2.24, 2.45) is 0 Å². The number of carbonyl (C=O) groups excluding carboxylic acids is 1. The van der Waals surface area contributed by atoms with Crippen molar-refractivity contribution in [2.75, 3.05) is 44.2 Å². The molecule has 0 aromatic carbocycles. The highest BCUT2D eigenvalue weighted by Gasteiger charge is 2.27. The van der Waals surface area contributed by atoms with E-state index in [9.17, 15) is 4.79 Å². The third-order valence-electron chi connectivity index (χ3n) is 5.32. The first-order chi connectivity index (χ1) is 11.7. The summed E-state index contributed by atoms with van der Waals surface area (Å²) in [6.45, 7) is 10.2. The van der Waals surface area contributed by atoms with Crippen LogP contribution in [0.2, 0.25) is 0 Å². The van der Waals surface area contributed by atoms with Gasteiger partial charge in [0.25, 0.3) is 5.91 Å². The normalized spacial score (nSPS) is 22.7. The molecule has 0 radical (unpaired) electrons. The number of amides is 1. The molecule has 0 spiro atoms. The Morgan fingerprint density at radius 2 is 1.96 bits per heavy atom. The molecule has 2 fully saturated rings. The van der Waals surface area contributed by atoms with E-state index in [1.54, 1.807) is 12.3 Å². The second-order valence-electron chi connectivity index (χ2n) is 6.72. The van der Waals surface area contributed by atoms with Crippen LogP contribution < -0.4 is 4.90 Å². The van der Waals surface area contributed by atoms with Crippen molar-refractivity contribution < 1.29 is 4.79 Å².